The second kappa shape index (κ2) is 8.40. The topological polar surface area (TPSA) is 38.5 Å². The Labute approximate surface area is 129 Å². The molecule has 0 spiro atoms. The van der Waals surface area contributed by atoms with Gasteiger partial charge < -0.3 is 10.5 Å². The zero-order valence-corrected chi connectivity index (χ0v) is 13.6. The maximum Gasteiger partial charge on any atom is 0.119 e. The van der Waals surface area contributed by atoms with Gasteiger partial charge in [-0.15, -0.1) is 0 Å². The number of nitrogens with two attached hydrogens (primary N) is 1. The predicted octanol–water partition coefficient (Wildman–Crippen LogP) is 3.42. The van der Waals surface area contributed by atoms with Crippen molar-refractivity contribution in [2.75, 3.05) is 19.7 Å². The fraction of sp³-hybridized carbons (Fsp3) is 0.667. The van der Waals surface area contributed by atoms with Gasteiger partial charge in [-0.1, -0.05) is 38.8 Å². The van der Waals surface area contributed by atoms with Crippen molar-refractivity contribution in [3.63, 3.8) is 0 Å². The van der Waals surface area contributed by atoms with Crippen LogP contribution in [0.3, 0.4) is 0 Å². The molecule has 3 nitrogen and oxygen atoms in total. The fourth-order valence-corrected chi connectivity index (χ4v) is 3.20. The first kappa shape index (κ1) is 16.3. The number of hydrogen-bond acceptors (Lipinski definition) is 3. The van der Waals surface area contributed by atoms with Gasteiger partial charge in [0.05, 0.1) is 0 Å². The summed E-state index contributed by atoms with van der Waals surface area (Å²) in [5, 5.41) is 0. The molecule has 0 amide bonds. The minimum Gasteiger partial charge on any atom is -0.492 e. The van der Waals surface area contributed by atoms with Crippen LogP contribution in [0, 0.1) is 5.92 Å². The van der Waals surface area contributed by atoms with E-state index in [1.54, 1.807) is 0 Å². The highest BCUT2D eigenvalue weighted by Crippen LogP contribution is 2.24. The standard InChI is InChI=1S/C18H30N2O/c1-15(2)14-20(17-7-3-4-8-17)10-11-21-18-9-5-6-16(12-18)13-19/h5-6,9,12,15,17H,3-4,7-8,10-11,13-14,19H2,1-2H3. The summed E-state index contributed by atoms with van der Waals surface area (Å²) in [6.45, 7) is 8.13. The smallest absolute Gasteiger partial charge is 0.119 e. The molecule has 1 aliphatic rings. The van der Waals surface area contributed by atoms with Gasteiger partial charge in [0, 0.05) is 25.7 Å². The van der Waals surface area contributed by atoms with E-state index in [0.29, 0.717) is 12.5 Å². The van der Waals surface area contributed by atoms with Gasteiger partial charge in [-0.25, -0.2) is 0 Å². The van der Waals surface area contributed by atoms with Crippen molar-refractivity contribution in [3.8, 4) is 5.75 Å². The summed E-state index contributed by atoms with van der Waals surface area (Å²) in [7, 11) is 0. The molecule has 3 heteroatoms. The van der Waals surface area contributed by atoms with Gasteiger partial charge in [0.25, 0.3) is 0 Å². The summed E-state index contributed by atoms with van der Waals surface area (Å²) in [6.07, 6.45) is 5.49. The molecule has 2 rings (SSSR count). The van der Waals surface area contributed by atoms with Crippen LogP contribution in [-0.4, -0.2) is 30.6 Å². The summed E-state index contributed by atoms with van der Waals surface area (Å²) in [5.41, 5.74) is 6.80. The first-order valence-corrected chi connectivity index (χ1v) is 8.35. The van der Waals surface area contributed by atoms with Crippen molar-refractivity contribution in [3.05, 3.63) is 29.8 Å². The van der Waals surface area contributed by atoms with Gasteiger partial charge in [-0.05, 0) is 36.5 Å². The van der Waals surface area contributed by atoms with Crippen molar-refractivity contribution in [1.29, 1.82) is 0 Å². The summed E-state index contributed by atoms with van der Waals surface area (Å²) in [4.78, 5) is 2.63. The maximum absolute atomic E-state index is 5.92. The molecule has 0 aliphatic heterocycles. The molecule has 0 bridgehead atoms. The van der Waals surface area contributed by atoms with Crippen molar-refractivity contribution >= 4 is 0 Å². The van der Waals surface area contributed by atoms with Gasteiger partial charge >= 0.3 is 0 Å². The van der Waals surface area contributed by atoms with Gasteiger partial charge in [0.15, 0.2) is 0 Å². The number of benzene rings is 1. The Bertz CT molecular complexity index is 413. The zero-order valence-electron chi connectivity index (χ0n) is 13.6. The SMILES string of the molecule is CC(C)CN(CCOc1cccc(CN)c1)C1CCCC1. The van der Waals surface area contributed by atoms with Gasteiger partial charge in [-0.3, -0.25) is 4.90 Å². The van der Waals surface area contributed by atoms with Crippen molar-refractivity contribution in [2.45, 2.75) is 52.1 Å². The molecule has 0 saturated heterocycles. The Balaban J connectivity index is 1.82. The third kappa shape index (κ3) is 5.33. The van der Waals surface area contributed by atoms with E-state index in [0.717, 1.165) is 30.5 Å². The summed E-state index contributed by atoms with van der Waals surface area (Å²) >= 11 is 0. The highest BCUT2D eigenvalue weighted by molar-refractivity contribution is 5.28. The maximum atomic E-state index is 5.92. The summed E-state index contributed by atoms with van der Waals surface area (Å²) < 4.78 is 5.92. The predicted molar refractivity (Wildman–Crippen MR) is 88.5 cm³/mol. The van der Waals surface area contributed by atoms with E-state index in [4.69, 9.17) is 10.5 Å². The summed E-state index contributed by atoms with van der Waals surface area (Å²) in [6, 6.07) is 8.88. The lowest BCUT2D eigenvalue weighted by molar-refractivity contribution is 0.145. The van der Waals surface area contributed by atoms with Crippen molar-refractivity contribution in [2.24, 2.45) is 11.7 Å². The number of hydrogen-bond donors (Lipinski definition) is 1. The molecule has 1 aromatic carbocycles. The fourth-order valence-electron chi connectivity index (χ4n) is 3.20. The van der Waals surface area contributed by atoms with Crippen LogP contribution in [0.4, 0.5) is 0 Å². The van der Waals surface area contributed by atoms with Gasteiger partial charge in [0.1, 0.15) is 12.4 Å². The molecule has 21 heavy (non-hydrogen) atoms. The Kier molecular flexibility index (Phi) is 6.52. The minimum absolute atomic E-state index is 0.568. The molecule has 1 fully saturated rings. The van der Waals surface area contributed by atoms with Crippen molar-refractivity contribution in [1.82, 2.24) is 4.90 Å². The third-order valence-electron chi connectivity index (χ3n) is 4.22. The second-order valence-electron chi connectivity index (χ2n) is 6.53. The van der Waals surface area contributed by atoms with Crippen molar-refractivity contribution < 1.29 is 4.74 Å². The molecule has 0 atom stereocenters. The second-order valence-corrected chi connectivity index (χ2v) is 6.53. The molecular formula is C18H30N2O. The molecule has 0 heterocycles. The highest BCUT2D eigenvalue weighted by Gasteiger charge is 2.22. The van der Waals surface area contributed by atoms with Gasteiger partial charge in [-0.2, -0.15) is 0 Å². The molecular weight excluding hydrogens is 260 g/mol. The van der Waals surface area contributed by atoms with E-state index in [9.17, 15) is 0 Å². The molecule has 1 saturated carbocycles. The average molecular weight is 290 g/mol. The first-order valence-electron chi connectivity index (χ1n) is 8.35. The quantitative estimate of drug-likeness (QED) is 0.797. The lowest BCUT2D eigenvalue weighted by Crippen LogP contribution is -2.39. The van der Waals surface area contributed by atoms with E-state index in [1.165, 1.54) is 32.2 Å². The van der Waals surface area contributed by atoms with E-state index in [1.807, 2.05) is 24.3 Å². The molecule has 0 radical (unpaired) electrons. The van der Waals surface area contributed by atoms with E-state index in [-0.39, 0.29) is 0 Å². The Morgan fingerprint density at radius 1 is 1.29 bits per heavy atom. The lowest BCUT2D eigenvalue weighted by Gasteiger charge is -2.30. The minimum atomic E-state index is 0.568. The Hall–Kier alpha value is -1.06. The number of nitrogens with zero attached hydrogens (tertiary/aromatic N) is 1. The highest BCUT2D eigenvalue weighted by atomic mass is 16.5. The average Bonchev–Trinajstić information content (AvgIpc) is 3.00. The van der Waals surface area contributed by atoms with Crippen LogP contribution in [0.25, 0.3) is 0 Å². The van der Waals surface area contributed by atoms with E-state index < -0.39 is 0 Å². The van der Waals surface area contributed by atoms with Crippen LogP contribution in [0.5, 0.6) is 5.75 Å². The molecule has 2 N–H and O–H groups in total. The van der Waals surface area contributed by atoms with Crippen LogP contribution in [0.1, 0.15) is 45.1 Å². The molecule has 0 aromatic heterocycles. The molecule has 0 unspecified atom stereocenters. The lowest BCUT2D eigenvalue weighted by atomic mass is 10.1. The largest absolute Gasteiger partial charge is 0.492 e. The first-order chi connectivity index (χ1) is 10.2. The molecule has 1 aliphatic carbocycles. The van der Waals surface area contributed by atoms with Gasteiger partial charge in [0.2, 0.25) is 0 Å². The Morgan fingerprint density at radius 3 is 2.71 bits per heavy atom. The molecule has 1 aromatic rings. The summed E-state index contributed by atoms with van der Waals surface area (Å²) in [5.74, 6) is 1.65. The van der Waals surface area contributed by atoms with Crippen LogP contribution < -0.4 is 10.5 Å². The van der Waals surface area contributed by atoms with Crippen LogP contribution in [-0.2, 0) is 6.54 Å². The van der Waals surface area contributed by atoms with Crippen LogP contribution in [0.15, 0.2) is 24.3 Å². The zero-order chi connectivity index (χ0) is 15.1. The van der Waals surface area contributed by atoms with Crippen LogP contribution >= 0.6 is 0 Å². The Morgan fingerprint density at radius 2 is 2.05 bits per heavy atom. The normalized spacial score (nSPS) is 16.0. The van der Waals surface area contributed by atoms with Crippen LogP contribution in [0.2, 0.25) is 0 Å². The number of rotatable bonds is 8. The molecule has 118 valence electrons. The number of ether oxygens (including phenoxy) is 1. The third-order valence-corrected chi connectivity index (χ3v) is 4.22. The monoisotopic (exact) mass is 290 g/mol. The van der Waals surface area contributed by atoms with E-state index >= 15 is 0 Å². The van der Waals surface area contributed by atoms with E-state index in [2.05, 4.69) is 18.7 Å².